The van der Waals surface area contributed by atoms with Crippen molar-refractivity contribution >= 4 is 50.9 Å². The van der Waals surface area contributed by atoms with Gasteiger partial charge in [0.1, 0.15) is 12.6 Å². The highest BCUT2D eigenvalue weighted by Crippen LogP contribution is 2.39. The minimum absolute atomic E-state index is 0.188. The topological polar surface area (TPSA) is 62.2 Å². The van der Waals surface area contributed by atoms with Gasteiger partial charge in [0.15, 0.2) is 0 Å². The molecule has 166 valence electrons. The number of carbonyl (C=O) groups excluding carboxylic acids is 2. The maximum Gasteiger partial charge on any atom is 0.416 e. The average Bonchev–Trinajstić information content (AvgIpc) is 3.44. The first-order valence-electron chi connectivity index (χ1n) is 10.5. The Balaban J connectivity index is 1.68. The second-order valence-electron chi connectivity index (χ2n) is 7.75. The van der Waals surface area contributed by atoms with E-state index in [-0.39, 0.29) is 19.1 Å². The summed E-state index contributed by atoms with van der Waals surface area (Å²) in [6, 6.07) is 23.9. The summed E-state index contributed by atoms with van der Waals surface area (Å²) in [5.41, 5.74) is 3.18. The molecule has 0 bridgehead atoms. The van der Waals surface area contributed by atoms with E-state index in [1.54, 1.807) is 11.1 Å². The second-order valence-corrected chi connectivity index (χ2v) is 9.11. The number of hydrogen-bond acceptors (Lipinski definition) is 5. The van der Waals surface area contributed by atoms with Gasteiger partial charge in [0.05, 0.1) is 23.9 Å². The number of carbonyl (C=O) groups is 2. The van der Waals surface area contributed by atoms with Crippen LogP contribution in [0.3, 0.4) is 0 Å². The van der Waals surface area contributed by atoms with Crippen LogP contribution >= 0.6 is 27.5 Å². The van der Waals surface area contributed by atoms with Gasteiger partial charge in [0.2, 0.25) is 0 Å². The van der Waals surface area contributed by atoms with Gasteiger partial charge in [-0.15, -0.1) is 0 Å². The van der Waals surface area contributed by atoms with E-state index >= 15 is 0 Å². The van der Waals surface area contributed by atoms with E-state index in [1.165, 1.54) is 4.90 Å². The number of rotatable bonds is 4. The lowest BCUT2D eigenvalue weighted by atomic mass is 9.84. The van der Waals surface area contributed by atoms with Crippen LogP contribution in [-0.2, 0) is 9.53 Å². The molecular formula is C25H19BrClN3O3. The van der Waals surface area contributed by atoms with Gasteiger partial charge < -0.3 is 4.74 Å². The molecule has 0 aromatic heterocycles. The minimum Gasteiger partial charge on any atom is -0.447 e. The smallest absolute Gasteiger partial charge is 0.416 e. The van der Waals surface area contributed by atoms with Crippen molar-refractivity contribution in [2.75, 3.05) is 18.2 Å². The molecular weight excluding hydrogens is 506 g/mol. The van der Waals surface area contributed by atoms with Crippen molar-refractivity contribution in [1.82, 2.24) is 4.90 Å². The standard InChI is InChI=1S/C25H19BrClN3O3/c26-18-9-11-20(12-10-18)30-23(24(31)29-13-14-33-25(29)32)21(16-5-2-1-3-6-16)22(28-30)17-7-4-8-19(27)15-17/h1-12,15,21,23H,13-14H2/t21-,23+/m1/s1. The van der Waals surface area contributed by atoms with Crippen molar-refractivity contribution in [2.24, 2.45) is 5.10 Å². The molecule has 33 heavy (non-hydrogen) atoms. The van der Waals surface area contributed by atoms with Gasteiger partial charge in [-0.25, -0.2) is 9.69 Å². The molecule has 3 aromatic carbocycles. The molecule has 1 saturated heterocycles. The van der Waals surface area contributed by atoms with Crippen LogP contribution in [0.2, 0.25) is 5.02 Å². The average molecular weight is 525 g/mol. The van der Waals surface area contributed by atoms with Crippen LogP contribution in [-0.4, -0.2) is 41.8 Å². The molecule has 0 unspecified atom stereocenters. The molecule has 0 saturated carbocycles. The molecule has 0 N–H and O–H groups in total. The predicted molar refractivity (Wildman–Crippen MR) is 131 cm³/mol. The van der Waals surface area contributed by atoms with Crippen LogP contribution in [0.15, 0.2) is 88.4 Å². The summed E-state index contributed by atoms with van der Waals surface area (Å²) in [7, 11) is 0. The summed E-state index contributed by atoms with van der Waals surface area (Å²) in [5, 5.41) is 7.21. The van der Waals surface area contributed by atoms with Gasteiger partial charge in [-0.3, -0.25) is 9.80 Å². The monoisotopic (exact) mass is 523 g/mol. The Bertz CT molecular complexity index is 1230. The second kappa shape index (κ2) is 9.00. The van der Waals surface area contributed by atoms with Crippen molar-refractivity contribution in [1.29, 1.82) is 0 Å². The predicted octanol–water partition coefficient (Wildman–Crippen LogP) is 5.46. The largest absolute Gasteiger partial charge is 0.447 e. The maximum absolute atomic E-state index is 13.8. The molecule has 0 radical (unpaired) electrons. The molecule has 5 rings (SSSR count). The summed E-state index contributed by atoms with van der Waals surface area (Å²) in [4.78, 5) is 27.3. The van der Waals surface area contributed by atoms with Gasteiger partial charge in [-0.1, -0.05) is 70.0 Å². The fourth-order valence-electron chi connectivity index (χ4n) is 4.23. The lowest BCUT2D eigenvalue weighted by Gasteiger charge is -2.29. The molecule has 3 aromatic rings. The van der Waals surface area contributed by atoms with Crippen LogP contribution in [0.5, 0.6) is 0 Å². The van der Waals surface area contributed by atoms with Crippen molar-refractivity contribution in [3.8, 4) is 0 Å². The summed E-state index contributed by atoms with van der Waals surface area (Å²) in [6.45, 7) is 0.407. The molecule has 2 atom stereocenters. The van der Waals surface area contributed by atoms with E-state index in [0.717, 1.165) is 21.3 Å². The van der Waals surface area contributed by atoms with Crippen LogP contribution in [0.4, 0.5) is 10.5 Å². The van der Waals surface area contributed by atoms with E-state index in [1.807, 2.05) is 72.8 Å². The number of nitrogens with zero attached hydrogens (tertiary/aromatic N) is 3. The Hall–Kier alpha value is -3.16. The first kappa shape index (κ1) is 21.7. The van der Waals surface area contributed by atoms with E-state index in [9.17, 15) is 9.59 Å². The molecule has 2 heterocycles. The van der Waals surface area contributed by atoms with Crippen molar-refractivity contribution in [3.63, 3.8) is 0 Å². The molecule has 6 nitrogen and oxygen atoms in total. The van der Waals surface area contributed by atoms with Crippen LogP contribution in [0, 0.1) is 0 Å². The summed E-state index contributed by atoms with van der Waals surface area (Å²) < 4.78 is 5.97. The van der Waals surface area contributed by atoms with Crippen molar-refractivity contribution in [2.45, 2.75) is 12.0 Å². The Kier molecular flexibility index (Phi) is 5.91. The Morgan fingerprint density at radius 3 is 2.45 bits per heavy atom. The number of hydrazone groups is 1. The molecule has 2 amide bonds. The van der Waals surface area contributed by atoms with Gasteiger partial charge in [-0.2, -0.15) is 5.10 Å². The number of benzene rings is 3. The van der Waals surface area contributed by atoms with Gasteiger partial charge in [0.25, 0.3) is 5.91 Å². The third kappa shape index (κ3) is 4.14. The third-order valence-electron chi connectivity index (χ3n) is 5.74. The third-order valence-corrected chi connectivity index (χ3v) is 6.50. The number of hydrogen-bond donors (Lipinski definition) is 0. The number of imide groups is 1. The van der Waals surface area contributed by atoms with Crippen molar-refractivity contribution < 1.29 is 14.3 Å². The van der Waals surface area contributed by atoms with Crippen LogP contribution < -0.4 is 5.01 Å². The molecule has 0 spiro atoms. The Morgan fingerprint density at radius 1 is 1.03 bits per heavy atom. The molecule has 2 aliphatic rings. The zero-order valence-electron chi connectivity index (χ0n) is 17.4. The van der Waals surface area contributed by atoms with Crippen molar-refractivity contribution in [3.05, 3.63) is 99.5 Å². The highest BCUT2D eigenvalue weighted by molar-refractivity contribution is 9.10. The van der Waals surface area contributed by atoms with E-state index in [0.29, 0.717) is 10.7 Å². The number of cyclic esters (lactones) is 1. The molecule has 2 aliphatic heterocycles. The fourth-order valence-corrected chi connectivity index (χ4v) is 4.68. The van der Waals surface area contributed by atoms with Gasteiger partial charge in [-0.05, 0) is 47.5 Å². The van der Waals surface area contributed by atoms with Crippen LogP contribution in [0.25, 0.3) is 0 Å². The number of ether oxygens (including phenoxy) is 1. The normalized spacial score (nSPS) is 20.1. The highest BCUT2D eigenvalue weighted by atomic mass is 79.9. The summed E-state index contributed by atoms with van der Waals surface area (Å²) in [5.74, 6) is -0.774. The summed E-state index contributed by atoms with van der Waals surface area (Å²) >= 11 is 9.76. The first-order valence-corrected chi connectivity index (χ1v) is 11.6. The lowest BCUT2D eigenvalue weighted by Crippen LogP contribution is -2.48. The van der Waals surface area contributed by atoms with E-state index in [4.69, 9.17) is 21.4 Å². The Morgan fingerprint density at radius 2 is 1.79 bits per heavy atom. The SMILES string of the molecule is O=C1OCCN1C(=O)[C@@H]1[C@H](c2ccccc2)C(c2cccc(Cl)c2)=NN1c1ccc(Br)cc1. The molecule has 1 fully saturated rings. The van der Waals surface area contributed by atoms with Crippen LogP contribution in [0.1, 0.15) is 17.0 Å². The molecule has 0 aliphatic carbocycles. The van der Waals surface area contributed by atoms with E-state index in [2.05, 4.69) is 15.9 Å². The summed E-state index contributed by atoms with van der Waals surface area (Å²) in [6.07, 6.45) is -0.626. The number of anilines is 1. The zero-order chi connectivity index (χ0) is 22.9. The number of halogens is 2. The zero-order valence-corrected chi connectivity index (χ0v) is 19.7. The first-order chi connectivity index (χ1) is 16.0. The fraction of sp³-hybridized carbons (Fsp3) is 0.160. The number of amides is 2. The maximum atomic E-state index is 13.8. The van der Waals surface area contributed by atoms with Gasteiger partial charge in [0, 0.05) is 9.50 Å². The highest BCUT2D eigenvalue weighted by Gasteiger charge is 2.48. The Labute approximate surface area is 204 Å². The van der Waals surface area contributed by atoms with Gasteiger partial charge >= 0.3 is 6.09 Å². The quantitative estimate of drug-likeness (QED) is 0.455. The molecule has 8 heteroatoms. The minimum atomic E-state index is -0.770. The van der Waals surface area contributed by atoms with E-state index < -0.39 is 18.1 Å². The lowest BCUT2D eigenvalue weighted by molar-refractivity contribution is -0.129.